The molecule has 0 aliphatic carbocycles. The summed E-state index contributed by atoms with van der Waals surface area (Å²) in [6.45, 7) is 1.94. The van der Waals surface area contributed by atoms with E-state index in [4.69, 9.17) is 9.63 Å². The minimum absolute atomic E-state index is 0.0625. The normalized spacial score (nSPS) is 10.5. The summed E-state index contributed by atoms with van der Waals surface area (Å²) < 4.78 is 6.17. The molecule has 0 atom stereocenters. The first-order valence-electron chi connectivity index (χ1n) is 5.36. The molecule has 0 bridgehead atoms. The average molecular weight is 249 g/mol. The van der Waals surface area contributed by atoms with Crippen LogP contribution >= 0.6 is 0 Å². The molecule has 0 fully saturated rings. The number of hydrogen-bond donors (Lipinski definition) is 1. The molecule has 7 nitrogen and oxygen atoms in total. The van der Waals surface area contributed by atoms with Crippen molar-refractivity contribution in [3.63, 3.8) is 0 Å². The third-order valence-electron chi connectivity index (χ3n) is 2.38. The summed E-state index contributed by atoms with van der Waals surface area (Å²) in [5.41, 5.74) is -0.881. The van der Waals surface area contributed by atoms with Crippen molar-refractivity contribution in [2.75, 3.05) is 0 Å². The Labute approximate surface area is 102 Å². The number of carboxylic acids is 1. The molecule has 94 valence electrons. The van der Waals surface area contributed by atoms with Gasteiger partial charge in [0.25, 0.3) is 5.56 Å². The predicted octanol–water partition coefficient (Wildman–Crippen LogP) is 0.540. The Morgan fingerprint density at radius 1 is 1.56 bits per heavy atom. The molecule has 2 heterocycles. The maximum atomic E-state index is 11.8. The first-order valence-corrected chi connectivity index (χ1v) is 5.36. The number of carboxylic acid groups (broad SMARTS) is 1. The molecule has 0 aliphatic rings. The lowest BCUT2D eigenvalue weighted by Gasteiger charge is -2.02. The van der Waals surface area contributed by atoms with Crippen molar-refractivity contribution in [3.05, 3.63) is 46.0 Å². The highest BCUT2D eigenvalue weighted by atomic mass is 16.5. The summed E-state index contributed by atoms with van der Waals surface area (Å²) >= 11 is 0. The van der Waals surface area contributed by atoms with Gasteiger partial charge in [-0.25, -0.2) is 4.79 Å². The Kier molecular flexibility index (Phi) is 3.22. The second-order valence-electron chi connectivity index (χ2n) is 3.62. The number of nitrogens with zero attached hydrogens (tertiary/aromatic N) is 3. The molecule has 0 spiro atoms. The van der Waals surface area contributed by atoms with Crippen LogP contribution in [0.15, 0.2) is 27.6 Å². The van der Waals surface area contributed by atoms with Gasteiger partial charge in [0.2, 0.25) is 5.89 Å². The van der Waals surface area contributed by atoms with Crippen LogP contribution in [0.2, 0.25) is 0 Å². The average Bonchev–Trinajstić information content (AvgIpc) is 2.79. The highest BCUT2D eigenvalue weighted by Crippen LogP contribution is 2.00. The Balaban J connectivity index is 2.32. The van der Waals surface area contributed by atoms with Gasteiger partial charge in [0.05, 0.1) is 0 Å². The smallest absolute Gasteiger partial charge is 0.341 e. The number of pyridine rings is 1. The van der Waals surface area contributed by atoms with Crippen molar-refractivity contribution < 1.29 is 14.4 Å². The number of aromatic carboxylic acids is 1. The van der Waals surface area contributed by atoms with Gasteiger partial charge < -0.3 is 14.2 Å². The van der Waals surface area contributed by atoms with E-state index in [1.807, 2.05) is 6.92 Å². The molecule has 18 heavy (non-hydrogen) atoms. The van der Waals surface area contributed by atoms with Gasteiger partial charge in [0, 0.05) is 12.6 Å². The van der Waals surface area contributed by atoms with Gasteiger partial charge in [-0.1, -0.05) is 12.1 Å². The Bertz CT molecular complexity index is 629. The SMILES string of the molecule is CCc1noc(Cn2cccc(C(=O)O)c2=O)n1. The lowest BCUT2D eigenvalue weighted by Crippen LogP contribution is -2.26. The molecule has 1 N–H and O–H groups in total. The van der Waals surface area contributed by atoms with Gasteiger partial charge in [-0.2, -0.15) is 4.98 Å². The quantitative estimate of drug-likeness (QED) is 0.849. The van der Waals surface area contributed by atoms with E-state index in [-0.39, 0.29) is 18.0 Å². The zero-order valence-corrected chi connectivity index (χ0v) is 9.66. The second kappa shape index (κ2) is 4.82. The maximum Gasteiger partial charge on any atom is 0.341 e. The molecule has 2 aromatic heterocycles. The van der Waals surface area contributed by atoms with Gasteiger partial charge in [-0.15, -0.1) is 0 Å². The molecular weight excluding hydrogens is 238 g/mol. The summed E-state index contributed by atoms with van der Waals surface area (Å²) in [7, 11) is 0. The third-order valence-corrected chi connectivity index (χ3v) is 2.38. The fourth-order valence-corrected chi connectivity index (χ4v) is 1.47. The summed E-state index contributed by atoms with van der Waals surface area (Å²) in [5.74, 6) is -0.432. The summed E-state index contributed by atoms with van der Waals surface area (Å²) in [4.78, 5) is 26.7. The van der Waals surface area contributed by atoms with E-state index in [1.165, 1.54) is 22.9 Å². The largest absolute Gasteiger partial charge is 0.477 e. The molecule has 0 unspecified atom stereocenters. The molecule has 0 amide bonds. The van der Waals surface area contributed by atoms with Crippen LogP contribution in [0.25, 0.3) is 0 Å². The van der Waals surface area contributed by atoms with Crippen LogP contribution in [0.1, 0.15) is 29.0 Å². The summed E-state index contributed by atoms with van der Waals surface area (Å²) in [6.07, 6.45) is 2.11. The van der Waals surface area contributed by atoms with E-state index in [1.54, 1.807) is 0 Å². The van der Waals surface area contributed by atoms with E-state index >= 15 is 0 Å². The number of hydrogen-bond acceptors (Lipinski definition) is 5. The number of aromatic nitrogens is 3. The highest BCUT2D eigenvalue weighted by Gasteiger charge is 2.12. The van der Waals surface area contributed by atoms with E-state index in [0.717, 1.165) is 0 Å². The topological polar surface area (TPSA) is 98.2 Å². The summed E-state index contributed by atoms with van der Waals surface area (Å²) in [6, 6.07) is 2.74. The Morgan fingerprint density at radius 2 is 2.33 bits per heavy atom. The van der Waals surface area contributed by atoms with Crippen LogP contribution in [0.3, 0.4) is 0 Å². The van der Waals surface area contributed by atoms with Crippen LogP contribution in [0.5, 0.6) is 0 Å². The number of carbonyl (C=O) groups is 1. The molecule has 0 radical (unpaired) electrons. The lowest BCUT2D eigenvalue weighted by atomic mass is 10.3. The zero-order chi connectivity index (χ0) is 13.1. The molecule has 0 aliphatic heterocycles. The molecule has 0 saturated heterocycles. The van der Waals surface area contributed by atoms with Gasteiger partial charge in [0.1, 0.15) is 12.1 Å². The zero-order valence-electron chi connectivity index (χ0n) is 9.66. The third kappa shape index (κ3) is 2.29. The molecule has 2 rings (SSSR count). The van der Waals surface area contributed by atoms with Crippen molar-refractivity contribution >= 4 is 5.97 Å². The highest BCUT2D eigenvalue weighted by molar-refractivity contribution is 5.86. The van der Waals surface area contributed by atoms with Crippen molar-refractivity contribution in [1.29, 1.82) is 0 Å². The molecule has 7 heteroatoms. The van der Waals surface area contributed by atoms with E-state index < -0.39 is 11.5 Å². The fourth-order valence-electron chi connectivity index (χ4n) is 1.47. The first kappa shape index (κ1) is 12.0. The van der Waals surface area contributed by atoms with E-state index in [0.29, 0.717) is 12.2 Å². The number of rotatable bonds is 4. The van der Waals surface area contributed by atoms with Crippen LogP contribution in [-0.4, -0.2) is 25.8 Å². The van der Waals surface area contributed by atoms with Gasteiger partial charge in [-0.05, 0) is 12.1 Å². The Morgan fingerprint density at radius 3 is 2.94 bits per heavy atom. The fraction of sp³-hybridized carbons (Fsp3) is 0.273. The monoisotopic (exact) mass is 249 g/mol. The summed E-state index contributed by atoms with van der Waals surface area (Å²) in [5, 5.41) is 12.5. The maximum absolute atomic E-state index is 11.8. The Hall–Kier alpha value is -2.44. The predicted molar refractivity (Wildman–Crippen MR) is 60.4 cm³/mol. The molecular formula is C11H11N3O4. The minimum atomic E-state index is -1.26. The van der Waals surface area contributed by atoms with Crippen molar-refractivity contribution in [2.45, 2.75) is 19.9 Å². The standard InChI is InChI=1S/C11H11N3O4/c1-2-8-12-9(18-13-8)6-14-5-3-4-7(10(14)15)11(16)17/h3-5H,2,6H2,1H3,(H,16,17). The second-order valence-corrected chi connectivity index (χ2v) is 3.62. The van der Waals surface area contributed by atoms with E-state index in [2.05, 4.69) is 10.1 Å². The van der Waals surface area contributed by atoms with Gasteiger partial charge in [0.15, 0.2) is 5.82 Å². The van der Waals surface area contributed by atoms with Crippen LogP contribution < -0.4 is 5.56 Å². The number of aryl methyl sites for hydroxylation is 1. The lowest BCUT2D eigenvalue weighted by molar-refractivity contribution is 0.0694. The van der Waals surface area contributed by atoms with Crippen LogP contribution in [-0.2, 0) is 13.0 Å². The van der Waals surface area contributed by atoms with Crippen molar-refractivity contribution in [2.24, 2.45) is 0 Å². The van der Waals surface area contributed by atoms with E-state index in [9.17, 15) is 9.59 Å². The molecule has 0 aromatic carbocycles. The molecule has 2 aromatic rings. The van der Waals surface area contributed by atoms with Gasteiger partial charge in [-0.3, -0.25) is 4.79 Å². The first-order chi connectivity index (χ1) is 8.61. The molecule has 0 saturated carbocycles. The van der Waals surface area contributed by atoms with Gasteiger partial charge >= 0.3 is 5.97 Å². The minimum Gasteiger partial charge on any atom is -0.477 e. The van der Waals surface area contributed by atoms with Crippen LogP contribution in [0.4, 0.5) is 0 Å². The van der Waals surface area contributed by atoms with Crippen molar-refractivity contribution in [1.82, 2.24) is 14.7 Å². The van der Waals surface area contributed by atoms with Crippen molar-refractivity contribution in [3.8, 4) is 0 Å². The van der Waals surface area contributed by atoms with Crippen LogP contribution in [0, 0.1) is 0 Å².